The van der Waals surface area contributed by atoms with Gasteiger partial charge < -0.3 is 4.74 Å². The average molecular weight is 202 g/mol. The van der Waals surface area contributed by atoms with Crippen molar-refractivity contribution in [3.05, 3.63) is 29.8 Å². The maximum absolute atomic E-state index is 11.7. The summed E-state index contributed by atoms with van der Waals surface area (Å²) >= 11 is 0. The second kappa shape index (κ2) is 4.52. The van der Waals surface area contributed by atoms with E-state index in [1.807, 2.05) is 5.43 Å². The molecule has 0 unspecified atom stereocenters. The van der Waals surface area contributed by atoms with Crippen LogP contribution in [0.4, 0.5) is 8.78 Å². The fourth-order valence-corrected chi connectivity index (χ4v) is 0.871. The molecule has 3 N–H and O–H groups in total. The molecule has 0 bridgehead atoms. The van der Waals surface area contributed by atoms with E-state index < -0.39 is 12.5 Å². The number of nitrogens with one attached hydrogen (secondary N) is 1. The minimum atomic E-state index is -2.87. The zero-order valence-electron chi connectivity index (χ0n) is 7.04. The van der Waals surface area contributed by atoms with Gasteiger partial charge in [0.05, 0.1) is 0 Å². The highest BCUT2D eigenvalue weighted by molar-refractivity contribution is 5.93. The molecule has 1 rings (SSSR count). The summed E-state index contributed by atoms with van der Waals surface area (Å²) in [5.74, 6) is 4.37. The van der Waals surface area contributed by atoms with E-state index in [1.165, 1.54) is 24.3 Å². The molecule has 0 radical (unpaired) electrons. The Bertz CT molecular complexity index is 314. The van der Waals surface area contributed by atoms with Crippen molar-refractivity contribution in [1.29, 1.82) is 0 Å². The first kappa shape index (κ1) is 10.4. The van der Waals surface area contributed by atoms with Crippen LogP contribution in [-0.2, 0) is 0 Å². The molecule has 0 aliphatic rings. The monoisotopic (exact) mass is 202 g/mol. The van der Waals surface area contributed by atoms with Crippen molar-refractivity contribution in [2.75, 3.05) is 0 Å². The van der Waals surface area contributed by atoms with Gasteiger partial charge in [-0.25, -0.2) is 5.84 Å². The fraction of sp³-hybridized carbons (Fsp3) is 0.125. The lowest BCUT2D eigenvalue weighted by Crippen LogP contribution is -2.29. The first-order chi connectivity index (χ1) is 6.63. The van der Waals surface area contributed by atoms with Crippen molar-refractivity contribution >= 4 is 5.91 Å². The predicted molar refractivity (Wildman–Crippen MR) is 44.7 cm³/mol. The zero-order valence-corrected chi connectivity index (χ0v) is 7.04. The summed E-state index contributed by atoms with van der Waals surface area (Å²) in [5.41, 5.74) is 2.19. The van der Waals surface area contributed by atoms with Crippen molar-refractivity contribution in [2.24, 2.45) is 5.84 Å². The van der Waals surface area contributed by atoms with Gasteiger partial charge in [-0.05, 0) is 24.3 Å². The van der Waals surface area contributed by atoms with Crippen molar-refractivity contribution in [2.45, 2.75) is 6.61 Å². The molecule has 1 aromatic carbocycles. The molecule has 0 fully saturated rings. The molecule has 0 heterocycles. The molecule has 76 valence electrons. The van der Waals surface area contributed by atoms with E-state index in [2.05, 4.69) is 4.74 Å². The lowest BCUT2D eigenvalue weighted by molar-refractivity contribution is -0.0498. The molecule has 4 nitrogen and oxygen atoms in total. The Labute approximate surface area is 78.6 Å². The topological polar surface area (TPSA) is 64.3 Å². The summed E-state index contributed by atoms with van der Waals surface area (Å²) in [6, 6.07) is 5.19. The Kier molecular flexibility index (Phi) is 3.35. The van der Waals surface area contributed by atoms with Gasteiger partial charge in [-0.2, -0.15) is 8.78 Å². The molecule has 0 saturated carbocycles. The Morgan fingerprint density at radius 1 is 1.36 bits per heavy atom. The second-order valence-electron chi connectivity index (χ2n) is 2.38. The number of hydrogen-bond acceptors (Lipinski definition) is 3. The van der Waals surface area contributed by atoms with Crippen molar-refractivity contribution in [3.63, 3.8) is 0 Å². The highest BCUT2D eigenvalue weighted by Gasteiger charge is 2.06. The van der Waals surface area contributed by atoms with E-state index in [1.54, 1.807) is 0 Å². The highest BCUT2D eigenvalue weighted by Crippen LogP contribution is 2.14. The fourth-order valence-electron chi connectivity index (χ4n) is 0.871. The molecule has 0 spiro atoms. The minimum Gasteiger partial charge on any atom is -0.435 e. The number of carbonyl (C=O) groups is 1. The van der Waals surface area contributed by atoms with Gasteiger partial charge in [0, 0.05) is 5.56 Å². The standard InChI is InChI=1S/C8H8F2N2O2/c9-8(10)14-6-3-1-5(2-4-6)7(13)12-11/h1-4,8H,11H2,(H,12,13). The molecular formula is C8H8F2N2O2. The predicted octanol–water partition coefficient (Wildman–Crippen LogP) is 0.891. The molecule has 14 heavy (non-hydrogen) atoms. The summed E-state index contributed by atoms with van der Waals surface area (Å²) < 4.78 is 27.5. The van der Waals surface area contributed by atoms with E-state index in [9.17, 15) is 13.6 Å². The zero-order chi connectivity index (χ0) is 10.6. The number of halogens is 2. The number of hydrogen-bond donors (Lipinski definition) is 2. The Morgan fingerprint density at radius 3 is 2.36 bits per heavy atom. The smallest absolute Gasteiger partial charge is 0.387 e. The van der Waals surface area contributed by atoms with Crippen LogP contribution in [0.25, 0.3) is 0 Å². The van der Waals surface area contributed by atoms with Gasteiger partial charge in [-0.1, -0.05) is 0 Å². The number of nitrogens with two attached hydrogens (primary N) is 1. The van der Waals surface area contributed by atoms with Gasteiger partial charge in [-0.3, -0.25) is 10.2 Å². The molecular weight excluding hydrogens is 194 g/mol. The van der Waals surface area contributed by atoms with Crippen LogP contribution in [0.1, 0.15) is 10.4 Å². The van der Waals surface area contributed by atoms with Gasteiger partial charge in [0.25, 0.3) is 5.91 Å². The summed E-state index contributed by atoms with van der Waals surface area (Å²) in [4.78, 5) is 10.9. The number of amides is 1. The molecule has 0 aliphatic heterocycles. The van der Waals surface area contributed by atoms with Crippen molar-refractivity contribution in [1.82, 2.24) is 5.43 Å². The van der Waals surface area contributed by atoms with Crippen LogP contribution in [0, 0.1) is 0 Å². The van der Waals surface area contributed by atoms with E-state index in [0.717, 1.165) is 0 Å². The Balaban J connectivity index is 2.73. The number of ether oxygens (including phenoxy) is 1. The van der Waals surface area contributed by atoms with Crippen LogP contribution in [0.2, 0.25) is 0 Å². The third-order valence-electron chi connectivity index (χ3n) is 1.47. The quantitative estimate of drug-likeness (QED) is 0.434. The van der Waals surface area contributed by atoms with E-state index >= 15 is 0 Å². The lowest BCUT2D eigenvalue weighted by atomic mass is 10.2. The maximum Gasteiger partial charge on any atom is 0.387 e. The first-order valence-electron chi connectivity index (χ1n) is 3.69. The number of rotatable bonds is 3. The molecule has 6 heteroatoms. The number of carbonyl (C=O) groups excluding carboxylic acids is 1. The molecule has 1 amide bonds. The third kappa shape index (κ3) is 2.67. The Hall–Kier alpha value is -1.69. The van der Waals surface area contributed by atoms with E-state index in [0.29, 0.717) is 0 Å². The number of benzene rings is 1. The molecule has 0 aliphatic carbocycles. The van der Waals surface area contributed by atoms with Crippen molar-refractivity contribution < 1.29 is 18.3 Å². The van der Waals surface area contributed by atoms with Crippen LogP contribution >= 0.6 is 0 Å². The average Bonchev–Trinajstić information content (AvgIpc) is 2.17. The van der Waals surface area contributed by atoms with Gasteiger partial charge in [0.2, 0.25) is 0 Å². The summed E-state index contributed by atoms with van der Waals surface area (Å²) in [6.45, 7) is -2.87. The van der Waals surface area contributed by atoms with Crippen molar-refractivity contribution in [3.8, 4) is 5.75 Å². The van der Waals surface area contributed by atoms with Crippen LogP contribution in [0.15, 0.2) is 24.3 Å². The highest BCUT2D eigenvalue weighted by atomic mass is 19.3. The summed E-state index contributed by atoms with van der Waals surface area (Å²) in [5, 5.41) is 0. The van der Waals surface area contributed by atoms with Gasteiger partial charge in [0.1, 0.15) is 5.75 Å². The summed E-state index contributed by atoms with van der Waals surface area (Å²) in [6.07, 6.45) is 0. The van der Waals surface area contributed by atoms with Crippen LogP contribution in [0.5, 0.6) is 5.75 Å². The van der Waals surface area contributed by atoms with Crippen LogP contribution in [0.3, 0.4) is 0 Å². The lowest BCUT2D eigenvalue weighted by Gasteiger charge is -2.04. The first-order valence-corrected chi connectivity index (χ1v) is 3.69. The molecule has 0 atom stereocenters. The maximum atomic E-state index is 11.7. The minimum absolute atomic E-state index is 0.00595. The van der Waals surface area contributed by atoms with E-state index in [4.69, 9.17) is 5.84 Å². The molecule has 0 saturated heterocycles. The number of hydrazine groups is 1. The Morgan fingerprint density at radius 2 is 1.93 bits per heavy atom. The largest absolute Gasteiger partial charge is 0.435 e. The van der Waals surface area contributed by atoms with Gasteiger partial charge >= 0.3 is 6.61 Å². The van der Waals surface area contributed by atoms with Crippen LogP contribution < -0.4 is 16.0 Å². The van der Waals surface area contributed by atoms with Gasteiger partial charge in [0.15, 0.2) is 0 Å². The normalized spacial score (nSPS) is 10.0. The molecule has 1 aromatic rings. The summed E-state index contributed by atoms with van der Waals surface area (Å²) in [7, 11) is 0. The van der Waals surface area contributed by atoms with Gasteiger partial charge in [-0.15, -0.1) is 0 Å². The van der Waals surface area contributed by atoms with Crippen LogP contribution in [-0.4, -0.2) is 12.5 Å². The van der Waals surface area contributed by atoms with E-state index in [-0.39, 0.29) is 11.3 Å². The number of alkyl halides is 2. The third-order valence-corrected chi connectivity index (χ3v) is 1.47. The SMILES string of the molecule is NNC(=O)c1ccc(OC(F)F)cc1. The molecule has 0 aromatic heterocycles. The number of nitrogen functional groups attached to an aromatic ring is 1. The second-order valence-corrected chi connectivity index (χ2v) is 2.38.